The van der Waals surface area contributed by atoms with Crippen LogP contribution in [-0.4, -0.2) is 54.1 Å². The summed E-state index contributed by atoms with van der Waals surface area (Å²) < 4.78 is 5.95. The van der Waals surface area contributed by atoms with Gasteiger partial charge in [-0.05, 0) is 17.0 Å². The van der Waals surface area contributed by atoms with Crippen molar-refractivity contribution in [3.8, 4) is 0 Å². The van der Waals surface area contributed by atoms with Crippen LogP contribution in [0.25, 0.3) is 0 Å². The highest BCUT2D eigenvalue weighted by molar-refractivity contribution is 7.10. The van der Waals surface area contributed by atoms with Crippen LogP contribution >= 0.6 is 11.3 Å². The van der Waals surface area contributed by atoms with Crippen LogP contribution in [0.4, 0.5) is 0 Å². The van der Waals surface area contributed by atoms with E-state index in [9.17, 15) is 4.79 Å². The molecule has 0 aliphatic carbocycles. The average Bonchev–Trinajstić information content (AvgIpc) is 3.25. The van der Waals surface area contributed by atoms with Crippen LogP contribution in [-0.2, 0) is 22.5 Å². The van der Waals surface area contributed by atoms with Gasteiger partial charge in [-0.1, -0.05) is 36.4 Å². The molecule has 0 N–H and O–H groups in total. The number of thiophene rings is 1. The van der Waals surface area contributed by atoms with Gasteiger partial charge in [0.2, 0.25) is 5.91 Å². The zero-order chi connectivity index (χ0) is 16.4. The lowest BCUT2D eigenvalue weighted by atomic mass is 10.1. The molecule has 5 heteroatoms. The molecule has 1 aromatic heterocycles. The summed E-state index contributed by atoms with van der Waals surface area (Å²) in [6.07, 6.45) is 0.658. The van der Waals surface area contributed by atoms with Gasteiger partial charge in [0, 0.05) is 31.1 Å². The fourth-order valence-corrected chi connectivity index (χ4v) is 4.35. The minimum Gasteiger partial charge on any atom is -0.373 e. The van der Waals surface area contributed by atoms with Gasteiger partial charge in [-0.25, -0.2) is 0 Å². The molecule has 0 saturated carbocycles. The average molecular weight is 342 g/mol. The molecule has 0 spiro atoms. The van der Waals surface area contributed by atoms with Crippen molar-refractivity contribution >= 4 is 17.2 Å². The largest absolute Gasteiger partial charge is 0.373 e. The first-order valence-corrected chi connectivity index (χ1v) is 9.37. The molecule has 3 heterocycles. The Morgan fingerprint density at radius 1 is 1.17 bits per heavy atom. The van der Waals surface area contributed by atoms with Crippen LogP contribution in [0.5, 0.6) is 0 Å². The minimum atomic E-state index is 0.148. The van der Waals surface area contributed by atoms with Gasteiger partial charge in [0.1, 0.15) is 0 Å². The Hall–Kier alpha value is -1.69. The molecule has 0 radical (unpaired) electrons. The van der Waals surface area contributed by atoms with Gasteiger partial charge in [-0.15, -0.1) is 11.3 Å². The van der Waals surface area contributed by atoms with E-state index < -0.39 is 0 Å². The number of nitrogens with zero attached hydrogens (tertiary/aromatic N) is 2. The van der Waals surface area contributed by atoms with Crippen LogP contribution < -0.4 is 0 Å². The van der Waals surface area contributed by atoms with Crippen molar-refractivity contribution in [3.63, 3.8) is 0 Å². The summed E-state index contributed by atoms with van der Waals surface area (Å²) >= 11 is 1.65. The van der Waals surface area contributed by atoms with Gasteiger partial charge in [0.15, 0.2) is 0 Å². The zero-order valence-electron chi connectivity index (χ0n) is 13.6. The van der Waals surface area contributed by atoms with Crippen molar-refractivity contribution < 1.29 is 9.53 Å². The van der Waals surface area contributed by atoms with E-state index >= 15 is 0 Å². The highest BCUT2D eigenvalue weighted by Gasteiger charge is 2.41. The molecule has 24 heavy (non-hydrogen) atoms. The van der Waals surface area contributed by atoms with Gasteiger partial charge >= 0.3 is 0 Å². The lowest BCUT2D eigenvalue weighted by molar-refractivity contribution is -0.129. The molecule has 1 amide bonds. The van der Waals surface area contributed by atoms with E-state index in [0.29, 0.717) is 12.5 Å². The molecule has 4 rings (SSSR count). The second-order valence-electron chi connectivity index (χ2n) is 6.49. The van der Waals surface area contributed by atoms with Crippen molar-refractivity contribution in [2.45, 2.75) is 25.1 Å². The number of fused-ring (bicyclic) bond motifs is 1. The number of amides is 1. The molecule has 1 aromatic carbocycles. The zero-order valence-corrected chi connectivity index (χ0v) is 14.5. The monoisotopic (exact) mass is 342 g/mol. The topological polar surface area (TPSA) is 32.8 Å². The third-order valence-electron chi connectivity index (χ3n) is 4.90. The molecule has 2 aliphatic heterocycles. The first-order chi connectivity index (χ1) is 11.8. The van der Waals surface area contributed by atoms with Gasteiger partial charge in [0.05, 0.1) is 25.2 Å². The first-order valence-electron chi connectivity index (χ1n) is 8.49. The van der Waals surface area contributed by atoms with Gasteiger partial charge in [-0.2, -0.15) is 0 Å². The fourth-order valence-electron chi connectivity index (χ4n) is 3.65. The Balaban J connectivity index is 1.41. The normalized spacial score (nSPS) is 24.1. The minimum absolute atomic E-state index is 0.148. The van der Waals surface area contributed by atoms with Crippen molar-refractivity contribution in [2.24, 2.45) is 0 Å². The van der Waals surface area contributed by atoms with E-state index in [1.807, 2.05) is 28.5 Å². The van der Waals surface area contributed by atoms with Crippen LogP contribution in [0.1, 0.15) is 10.4 Å². The lowest BCUT2D eigenvalue weighted by Crippen LogP contribution is -2.50. The molecular weight excluding hydrogens is 320 g/mol. The predicted molar refractivity (Wildman–Crippen MR) is 95.0 cm³/mol. The Labute approximate surface area is 146 Å². The summed E-state index contributed by atoms with van der Waals surface area (Å²) in [5.74, 6) is 0.218. The molecule has 4 nitrogen and oxygen atoms in total. The van der Waals surface area contributed by atoms with Crippen LogP contribution in [0.3, 0.4) is 0 Å². The maximum Gasteiger partial charge on any atom is 0.227 e. The number of ether oxygens (including phenoxy) is 1. The number of carbonyl (C=O) groups excluding carboxylic acids is 1. The number of benzene rings is 1. The molecule has 2 fully saturated rings. The molecule has 2 aromatic rings. The van der Waals surface area contributed by atoms with Gasteiger partial charge in [-0.3, -0.25) is 9.69 Å². The Kier molecular flexibility index (Phi) is 4.65. The quantitative estimate of drug-likeness (QED) is 0.855. The van der Waals surface area contributed by atoms with E-state index in [-0.39, 0.29) is 12.0 Å². The lowest BCUT2D eigenvalue weighted by Gasteiger charge is -2.36. The van der Waals surface area contributed by atoms with E-state index in [4.69, 9.17) is 4.74 Å². The highest BCUT2D eigenvalue weighted by atomic mass is 32.1. The van der Waals surface area contributed by atoms with Gasteiger partial charge < -0.3 is 9.64 Å². The summed E-state index contributed by atoms with van der Waals surface area (Å²) in [5.41, 5.74) is 1.32. The van der Waals surface area contributed by atoms with Crippen molar-refractivity contribution in [2.75, 3.05) is 26.2 Å². The Bertz CT molecular complexity index is 674. The maximum absolute atomic E-state index is 12.6. The predicted octanol–water partition coefficient (Wildman–Crippen LogP) is 2.40. The second-order valence-corrected chi connectivity index (χ2v) is 7.52. The summed E-state index contributed by atoms with van der Waals surface area (Å²) in [5, 5.41) is 2.02. The number of likely N-dealkylation sites (tertiary alicyclic amines) is 1. The molecule has 2 aliphatic rings. The van der Waals surface area contributed by atoms with Crippen LogP contribution in [0, 0.1) is 0 Å². The standard InChI is InChI=1S/C19H22N2O2S/c22-19(11-16-7-4-10-24-16)21-13-17-18(14-21)23-9-8-20(17)12-15-5-2-1-3-6-15/h1-7,10,17-18H,8-9,11-14H2. The maximum atomic E-state index is 12.6. The fraction of sp³-hybridized carbons (Fsp3) is 0.421. The van der Waals surface area contributed by atoms with E-state index in [0.717, 1.165) is 37.7 Å². The first kappa shape index (κ1) is 15.8. The summed E-state index contributed by atoms with van der Waals surface area (Å²) in [6, 6.07) is 14.9. The number of hydrogen-bond donors (Lipinski definition) is 0. The molecule has 2 atom stereocenters. The van der Waals surface area contributed by atoms with E-state index in [1.165, 1.54) is 5.56 Å². The molecular formula is C19H22N2O2S. The summed E-state index contributed by atoms with van der Waals surface area (Å²) in [4.78, 5) is 18.2. The van der Waals surface area contributed by atoms with Crippen LogP contribution in [0.2, 0.25) is 0 Å². The molecule has 0 bridgehead atoms. The molecule has 2 unspecified atom stereocenters. The van der Waals surface area contributed by atoms with E-state index in [1.54, 1.807) is 11.3 Å². The highest BCUT2D eigenvalue weighted by Crippen LogP contribution is 2.25. The number of rotatable bonds is 4. The van der Waals surface area contributed by atoms with Crippen molar-refractivity contribution in [1.29, 1.82) is 0 Å². The summed E-state index contributed by atoms with van der Waals surface area (Å²) in [7, 11) is 0. The Morgan fingerprint density at radius 3 is 2.83 bits per heavy atom. The third-order valence-corrected chi connectivity index (χ3v) is 5.78. The van der Waals surface area contributed by atoms with Crippen molar-refractivity contribution in [3.05, 3.63) is 58.3 Å². The second kappa shape index (κ2) is 7.05. The van der Waals surface area contributed by atoms with Gasteiger partial charge in [0.25, 0.3) is 0 Å². The SMILES string of the molecule is O=C(Cc1cccs1)N1CC2OCCN(Cc3ccccc3)C2C1. The number of hydrogen-bond acceptors (Lipinski definition) is 4. The number of morpholine rings is 1. The van der Waals surface area contributed by atoms with E-state index in [2.05, 4.69) is 29.2 Å². The molecule has 126 valence electrons. The molecule has 2 saturated heterocycles. The third kappa shape index (κ3) is 3.38. The van der Waals surface area contributed by atoms with Crippen LogP contribution in [0.15, 0.2) is 47.8 Å². The number of carbonyl (C=O) groups is 1. The smallest absolute Gasteiger partial charge is 0.227 e. The Morgan fingerprint density at radius 2 is 2.04 bits per heavy atom. The van der Waals surface area contributed by atoms with Crippen molar-refractivity contribution in [1.82, 2.24) is 9.80 Å². The summed E-state index contributed by atoms with van der Waals surface area (Å²) in [6.45, 7) is 4.12.